The van der Waals surface area contributed by atoms with Crippen molar-refractivity contribution in [2.45, 2.75) is 70.3 Å². The lowest BCUT2D eigenvalue weighted by Crippen LogP contribution is -2.54. The number of carbonyl (C=O) groups is 5. The summed E-state index contributed by atoms with van der Waals surface area (Å²) in [5, 5.41) is 7.14. The summed E-state index contributed by atoms with van der Waals surface area (Å²) in [5.41, 5.74) is 4.84. The second-order valence-electron chi connectivity index (χ2n) is 16.2. The minimum Gasteiger partial charge on any atom is -0.495 e. The fraction of sp³-hybridized carbons (Fsp3) is 0.500. The Kier molecular flexibility index (Phi) is 12.7. The van der Waals surface area contributed by atoms with Crippen LogP contribution in [0.1, 0.15) is 74.2 Å². The van der Waals surface area contributed by atoms with Gasteiger partial charge in [0.15, 0.2) is 5.82 Å². The Bertz CT molecular complexity index is 2180. The highest BCUT2D eigenvalue weighted by atomic mass is 19.3. The van der Waals surface area contributed by atoms with Crippen LogP contribution in [-0.4, -0.2) is 121 Å². The first-order chi connectivity index (χ1) is 29.1. The molecule has 5 heterocycles. The summed E-state index contributed by atoms with van der Waals surface area (Å²) < 4.78 is 50.2. The largest absolute Gasteiger partial charge is 0.495 e. The molecule has 3 fully saturated rings. The molecular formula is C42H51F3N10O6. The summed E-state index contributed by atoms with van der Waals surface area (Å²) >= 11 is 0. The van der Waals surface area contributed by atoms with Gasteiger partial charge in [-0.25, -0.2) is 14.4 Å². The maximum absolute atomic E-state index is 15.2. The highest BCUT2D eigenvalue weighted by molar-refractivity contribution is 6.02. The molecule has 0 aliphatic carbocycles. The quantitative estimate of drug-likeness (QED) is 0.235. The van der Waals surface area contributed by atoms with Gasteiger partial charge in [-0.15, -0.1) is 0 Å². The molecule has 0 bridgehead atoms. The summed E-state index contributed by atoms with van der Waals surface area (Å²) in [7, 11) is 2.70. The number of methoxy groups -OCH3 is 1. The van der Waals surface area contributed by atoms with Gasteiger partial charge in [0.2, 0.25) is 23.7 Å². The van der Waals surface area contributed by atoms with Gasteiger partial charge >= 0.3 is 5.92 Å². The van der Waals surface area contributed by atoms with Gasteiger partial charge in [-0.05, 0) is 81.3 Å². The summed E-state index contributed by atoms with van der Waals surface area (Å²) in [6.45, 7) is 5.73. The maximum Gasteiger partial charge on any atom is 0.342 e. The number of amides is 5. The molecule has 4 aliphatic heterocycles. The normalized spacial score (nSPS) is 20.0. The van der Waals surface area contributed by atoms with Crippen LogP contribution in [0.4, 0.5) is 42.0 Å². The van der Waals surface area contributed by atoms with Crippen LogP contribution < -0.4 is 35.5 Å². The number of alkyl halides is 2. The minimum atomic E-state index is -3.62. The van der Waals surface area contributed by atoms with Crippen molar-refractivity contribution >= 4 is 58.4 Å². The zero-order valence-corrected chi connectivity index (χ0v) is 34.7. The van der Waals surface area contributed by atoms with Crippen LogP contribution in [-0.2, 0) is 19.2 Å². The monoisotopic (exact) mass is 848 g/mol. The van der Waals surface area contributed by atoms with E-state index in [9.17, 15) is 32.8 Å². The average Bonchev–Trinajstić information content (AvgIpc) is 3.31. The Morgan fingerprint density at radius 2 is 1.72 bits per heavy atom. The van der Waals surface area contributed by atoms with E-state index in [0.717, 1.165) is 24.2 Å². The molecule has 3 aromatic rings. The molecule has 19 heteroatoms. The van der Waals surface area contributed by atoms with Gasteiger partial charge in [-0.3, -0.25) is 34.7 Å². The van der Waals surface area contributed by atoms with Crippen LogP contribution in [0.5, 0.6) is 5.75 Å². The number of hydrogen-bond donors (Lipinski definition) is 3. The topological polar surface area (TPSA) is 173 Å². The number of rotatable bonds is 11. The van der Waals surface area contributed by atoms with Crippen molar-refractivity contribution in [2.75, 3.05) is 80.0 Å². The Morgan fingerprint density at radius 3 is 2.39 bits per heavy atom. The third kappa shape index (κ3) is 9.50. The molecule has 5 amide bonds. The predicted molar refractivity (Wildman–Crippen MR) is 220 cm³/mol. The molecule has 7 rings (SSSR count). The lowest BCUT2D eigenvalue weighted by atomic mass is 9.89. The van der Waals surface area contributed by atoms with Crippen LogP contribution >= 0.6 is 0 Å². The first-order valence-electron chi connectivity index (χ1n) is 20.6. The summed E-state index contributed by atoms with van der Waals surface area (Å²) in [6.07, 6.45) is 4.70. The van der Waals surface area contributed by atoms with E-state index in [4.69, 9.17) is 4.74 Å². The van der Waals surface area contributed by atoms with Crippen LogP contribution in [0.3, 0.4) is 0 Å². The van der Waals surface area contributed by atoms with Gasteiger partial charge in [0, 0.05) is 70.8 Å². The first-order valence-corrected chi connectivity index (χ1v) is 20.6. The molecule has 0 saturated carbocycles. The number of piperazine rings is 1. The molecule has 3 saturated heterocycles. The number of hydrazine groups is 1. The number of nitrogens with one attached hydrogen (secondary N) is 3. The van der Waals surface area contributed by atoms with Crippen molar-refractivity contribution in [3.8, 4) is 5.75 Å². The number of aromatic nitrogens is 2. The number of benzene rings is 2. The van der Waals surface area contributed by atoms with E-state index >= 15 is 4.39 Å². The van der Waals surface area contributed by atoms with Gasteiger partial charge in [-0.2, -0.15) is 13.8 Å². The molecule has 61 heavy (non-hydrogen) atoms. The van der Waals surface area contributed by atoms with Crippen LogP contribution in [0, 0.1) is 11.7 Å². The first kappa shape index (κ1) is 43.1. The Hall–Kier alpha value is -5.98. The van der Waals surface area contributed by atoms with Gasteiger partial charge in [0.25, 0.3) is 11.8 Å². The van der Waals surface area contributed by atoms with E-state index < -0.39 is 36.2 Å². The van der Waals surface area contributed by atoms with E-state index in [-0.39, 0.29) is 47.4 Å². The molecule has 0 spiro atoms. The maximum atomic E-state index is 15.2. The fourth-order valence-electron chi connectivity index (χ4n) is 8.30. The molecule has 1 atom stereocenters. The van der Waals surface area contributed by atoms with E-state index in [1.807, 2.05) is 9.80 Å². The molecule has 4 aliphatic rings. The molecule has 326 valence electrons. The summed E-state index contributed by atoms with van der Waals surface area (Å²) in [5.74, 6) is -6.02. The Morgan fingerprint density at radius 1 is 0.984 bits per heavy atom. The van der Waals surface area contributed by atoms with Gasteiger partial charge in [0.1, 0.15) is 17.3 Å². The minimum absolute atomic E-state index is 0.0603. The number of halogens is 3. The predicted octanol–water partition coefficient (Wildman–Crippen LogP) is 4.20. The Labute approximate surface area is 351 Å². The second-order valence-corrected chi connectivity index (χ2v) is 16.2. The fourth-order valence-corrected chi connectivity index (χ4v) is 8.30. The summed E-state index contributed by atoms with van der Waals surface area (Å²) in [6, 6.07) is 9.24. The van der Waals surface area contributed by atoms with Gasteiger partial charge < -0.3 is 29.7 Å². The Balaban J connectivity index is 0.863. The van der Waals surface area contributed by atoms with Crippen molar-refractivity contribution in [2.24, 2.45) is 5.92 Å². The zero-order chi connectivity index (χ0) is 43.6. The second kappa shape index (κ2) is 17.9. The van der Waals surface area contributed by atoms with Crippen molar-refractivity contribution in [3.05, 3.63) is 59.5 Å². The summed E-state index contributed by atoms with van der Waals surface area (Å²) in [4.78, 5) is 77.5. The molecular weight excluding hydrogens is 798 g/mol. The van der Waals surface area contributed by atoms with E-state index in [1.54, 1.807) is 49.2 Å². The number of anilines is 5. The van der Waals surface area contributed by atoms with Crippen LogP contribution in [0.2, 0.25) is 0 Å². The number of imide groups is 1. The van der Waals surface area contributed by atoms with Crippen molar-refractivity contribution < 1.29 is 41.9 Å². The van der Waals surface area contributed by atoms with Crippen molar-refractivity contribution in [1.82, 2.24) is 30.6 Å². The van der Waals surface area contributed by atoms with Crippen molar-refractivity contribution in [1.29, 1.82) is 0 Å². The van der Waals surface area contributed by atoms with Crippen LogP contribution in [0.25, 0.3) is 0 Å². The molecule has 1 unspecified atom stereocenters. The van der Waals surface area contributed by atoms with E-state index in [1.165, 1.54) is 31.3 Å². The number of ether oxygens (including phenoxy) is 1. The van der Waals surface area contributed by atoms with Crippen LogP contribution in [0.15, 0.2) is 42.6 Å². The number of nitrogens with zero attached hydrogens (tertiary/aromatic N) is 7. The average molecular weight is 849 g/mol. The number of piperidine rings is 2. The molecule has 1 aromatic heterocycles. The third-order valence-corrected chi connectivity index (χ3v) is 11.9. The lowest BCUT2D eigenvalue weighted by molar-refractivity contribution is -0.140. The van der Waals surface area contributed by atoms with E-state index in [2.05, 4.69) is 26.0 Å². The lowest BCUT2D eigenvalue weighted by Gasteiger charge is -2.36. The smallest absolute Gasteiger partial charge is 0.342 e. The molecule has 0 radical (unpaired) electrons. The highest BCUT2D eigenvalue weighted by Crippen LogP contribution is 2.38. The molecule has 3 N–H and O–H groups in total. The number of fused-ring (bicyclic) bond motifs is 1. The number of hydrogen-bond acceptors (Lipinski definition) is 12. The zero-order valence-electron chi connectivity index (χ0n) is 34.7. The standard InChI is InChI=1S/C42H51F3N10O6/c1-25(2)55-24-42(44,45)40(60)51(3)33-23-46-41(49-37(33)55)47-31-9-6-28(22-34(31)61-4)38(58)50-54-19-17-53(18-20-54)36(57)12-5-26-13-15-52(16-14-26)32-10-7-27(21-30(32)43)29-8-11-35(56)48-39(29)59/h6-7,9-10,21-23,25-26,29H,5,8,11-20,24H2,1-4H3,(H,50,58)(H,46,47,49)(H,48,56,59). The SMILES string of the molecule is COc1cc(C(=O)NN2CCN(C(=O)CCC3CCN(c4ccc(C5CCC(=O)NC5=O)cc4F)CC3)CC2)ccc1Nc1ncc2c(n1)N(C(C)C)CC(F)(F)C(=O)N2C. The van der Waals surface area contributed by atoms with E-state index in [0.29, 0.717) is 86.3 Å². The highest BCUT2D eigenvalue weighted by Gasteiger charge is 2.47. The van der Waals surface area contributed by atoms with Gasteiger partial charge in [-0.1, -0.05) is 6.07 Å². The van der Waals surface area contributed by atoms with Crippen molar-refractivity contribution in [3.63, 3.8) is 0 Å². The molecule has 2 aromatic carbocycles. The third-order valence-electron chi connectivity index (χ3n) is 11.9. The molecule has 16 nitrogen and oxygen atoms in total. The number of carbonyl (C=O) groups excluding carboxylic acids is 5. The van der Waals surface area contributed by atoms with Gasteiger partial charge in [0.05, 0.1) is 37.1 Å².